The van der Waals surface area contributed by atoms with E-state index < -0.39 is 27.5 Å². The third kappa shape index (κ3) is 2.88. The average Bonchev–Trinajstić information content (AvgIpc) is 2.86. The van der Waals surface area contributed by atoms with Gasteiger partial charge in [-0.25, -0.2) is 0 Å². The molecule has 0 bridgehead atoms. The van der Waals surface area contributed by atoms with Crippen LogP contribution in [-0.2, 0) is 22.3 Å². The second-order valence-electron chi connectivity index (χ2n) is 4.98. The quantitative estimate of drug-likeness (QED) is 0.610. The third-order valence-electron chi connectivity index (χ3n) is 3.36. The molecule has 0 amide bonds. The van der Waals surface area contributed by atoms with Gasteiger partial charge in [0.2, 0.25) is 0 Å². The topological polar surface area (TPSA) is 26.3 Å². The molecule has 2 nitrogen and oxygen atoms in total. The summed E-state index contributed by atoms with van der Waals surface area (Å²) in [6, 6.07) is 4.41. The van der Waals surface area contributed by atoms with Crippen molar-refractivity contribution >= 4 is 29.2 Å². The predicted molar refractivity (Wildman–Crippen MR) is 68.4 cm³/mol. The fraction of sp³-hybridized carbons (Fsp3) is 0.462. The molecule has 1 saturated carbocycles. The number of carbonyl (C=O) groups excluding carboxylic acids is 1. The second-order valence-corrected chi connectivity index (χ2v) is 6.47. The van der Waals surface area contributed by atoms with Gasteiger partial charge in [-0.3, -0.25) is 4.79 Å². The van der Waals surface area contributed by atoms with E-state index in [9.17, 15) is 18.0 Å². The Hall–Kier alpha value is -0.940. The molecule has 2 rings (SSSR count). The smallest absolute Gasteiger partial charge is 0.416 e. The van der Waals surface area contributed by atoms with Gasteiger partial charge >= 0.3 is 12.1 Å². The molecule has 20 heavy (non-hydrogen) atoms. The summed E-state index contributed by atoms with van der Waals surface area (Å²) in [5, 5.41) is 0. The molecular formula is C13H11Cl2F3O2. The molecule has 0 spiro atoms. The van der Waals surface area contributed by atoms with E-state index in [4.69, 9.17) is 27.9 Å². The van der Waals surface area contributed by atoms with Gasteiger partial charge in [0.25, 0.3) is 0 Å². The van der Waals surface area contributed by atoms with E-state index in [2.05, 4.69) is 0 Å². The molecule has 1 aliphatic carbocycles. The van der Waals surface area contributed by atoms with Crippen molar-refractivity contribution < 1.29 is 22.7 Å². The van der Waals surface area contributed by atoms with E-state index in [0.717, 1.165) is 12.1 Å². The lowest BCUT2D eigenvalue weighted by atomic mass is 10.1. The average molecular weight is 327 g/mol. The van der Waals surface area contributed by atoms with E-state index in [1.54, 1.807) is 6.92 Å². The van der Waals surface area contributed by atoms with E-state index in [0.29, 0.717) is 12.0 Å². The number of alkyl halides is 5. The Labute approximate surface area is 123 Å². The van der Waals surface area contributed by atoms with Crippen LogP contribution < -0.4 is 0 Å². The highest BCUT2D eigenvalue weighted by Crippen LogP contribution is 2.64. The minimum atomic E-state index is -4.38. The van der Waals surface area contributed by atoms with E-state index in [-0.39, 0.29) is 6.61 Å². The number of hydrogen-bond acceptors (Lipinski definition) is 2. The molecule has 1 atom stereocenters. The minimum Gasteiger partial charge on any atom is -0.460 e. The Bertz CT molecular complexity index is 525. The summed E-state index contributed by atoms with van der Waals surface area (Å²) in [5.74, 6) is -0.553. The van der Waals surface area contributed by atoms with Gasteiger partial charge in [0.05, 0.1) is 5.56 Å². The summed E-state index contributed by atoms with van der Waals surface area (Å²) in [6.45, 7) is 1.47. The molecule has 1 aliphatic rings. The first-order valence-electron chi connectivity index (χ1n) is 5.77. The molecule has 1 unspecified atom stereocenters. The lowest BCUT2D eigenvalue weighted by Crippen LogP contribution is -2.21. The van der Waals surface area contributed by atoms with Crippen molar-refractivity contribution in [2.75, 3.05) is 0 Å². The molecule has 0 radical (unpaired) electrons. The highest BCUT2D eigenvalue weighted by molar-refractivity contribution is 6.53. The molecule has 0 N–H and O–H groups in total. The second kappa shape index (κ2) is 4.81. The largest absolute Gasteiger partial charge is 0.460 e. The lowest BCUT2D eigenvalue weighted by Gasteiger charge is -2.12. The Balaban J connectivity index is 1.94. The third-order valence-corrected chi connectivity index (χ3v) is 4.46. The summed E-state index contributed by atoms with van der Waals surface area (Å²) in [4.78, 5) is 11.8. The standard InChI is InChI=1S/C13H11Cl2F3O2/c1-11(7-12(11,14)15)10(19)20-6-8-2-4-9(5-3-8)13(16,17)18/h2-5H,6-7H2,1H3. The van der Waals surface area contributed by atoms with Crippen LogP contribution in [0.25, 0.3) is 0 Å². The molecule has 1 aromatic carbocycles. The van der Waals surface area contributed by atoms with Gasteiger partial charge < -0.3 is 4.74 Å². The van der Waals surface area contributed by atoms with Crippen LogP contribution >= 0.6 is 23.2 Å². The zero-order valence-corrected chi connectivity index (χ0v) is 11.9. The van der Waals surface area contributed by atoms with Crippen molar-refractivity contribution in [3.05, 3.63) is 35.4 Å². The van der Waals surface area contributed by atoms with Gasteiger partial charge in [-0.2, -0.15) is 13.2 Å². The molecule has 0 saturated heterocycles. The minimum absolute atomic E-state index is 0.115. The van der Waals surface area contributed by atoms with Crippen molar-refractivity contribution in [3.63, 3.8) is 0 Å². The van der Waals surface area contributed by atoms with Crippen LogP contribution in [0.1, 0.15) is 24.5 Å². The van der Waals surface area contributed by atoms with Crippen molar-refractivity contribution in [1.82, 2.24) is 0 Å². The number of carbonyl (C=O) groups is 1. The van der Waals surface area contributed by atoms with E-state index in [1.165, 1.54) is 12.1 Å². The van der Waals surface area contributed by atoms with Crippen molar-refractivity contribution in [2.45, 2.75) is 30.5 Å². The molecular weight excluding hydrogens is 316 g/mol. The Morgan fingerprint density at radius 1 is 1.30 bits per heavy atom. The van der Waals surface area contributed by atoms with Gasteiger partial charge in [-0.15, -0.1) is 23.2 Å². The molecule has 0 aromatic heterocycles. The highest BCUT2D eigenvalue weighted by Gasteiger charge is 2.69. The summed E-state index contributed by atoms with van der Waals surface area (Å²) < 4.78 is 41.0. The summed E-state index contributed by atoms with van der Waals surface area (Å²) in [5.41, 5.74) is -1.23. The zero-order valence-electron chi connectivity index (χ0n) is 10.4. The summed E-state index contributed by atoms with van der Waals surface area (Å²) >= 11 is 11.7. The summed E-state index contributed by atoms with van der Waals surface area (Å²) in [6.07, 6.45) is -4.08. The fourth-order valence-corrected chi connectivity index (χ4v) is 2.41. The molecule has 1 aromatic rings. The Morgan fingerprint density at radius 3 is 2.20 bits per heavy atom. The molecule has 0 heterocycles. The van der Waals surface area contributed by atoms with Crippen LogP contribution in [0.3, 0.4) is 0 Å². The summed E-state index contributed by atoms with van der Waals surface area (Å²) in [7, 11) is 0. The van der Waals surface area contributed by atoms with Gasteiger partial charge in [0.1, 0.15) is 16.4 Å². The maximum Gasteiger partial charge on any atom is 0.416 e. The number of benzene rings is 1. The van der Waals surface area contributed by atoms with Crippen LogP contribution in [-0.4, -0.2) is 10.3 Å². The number of halogens is 5. The molecule has 0 aliphatic heterocycles. The van der Waals surface area contributed by atoms with Gasteiger partial charge in [-0.05, 0) is 24.6 Å². The van der Waals surface area contributed by atoms with Gasteiger partial charge in [0.15, 0.2) is 0 Å². The lowest BCUT2D eigenvalue weighted by molar-refractivity contribution is -0.151. The highest BCUT2D eigenvalue weighted by atomic mass is 35.5. The van der Waals surface area contributed by atoms with Crippen LogP contribution in [0.4, 0.5) is 13.2 Å². The van der Waals surface area contributed by atoms with Crippen LogP contribution in [0, 0.1) is 5.41 Å². The first-order chi connectivity index (χ1) is 9.06. The maximum absolute atomic E-state index is 12.4. The van der Waals surface area contributed by atoms with Gasteiger partial charge in [-0.1, -0.05) is 12.1 Å². The SMILES string of the molecule is CC1(C(=O)OCc2ccc(C(F)(F)F)cc2)CC1(Cl)Cl. The normalized spacial score (nSPS) is 24.3. The zero-order chi connectivity index (χ0) is 15.2. The molecule has 110 valence electrons. The van der Waals surface area contributed by atoms with E-state index >= 15 is 0 Å². The molecule has 7 heteroatoms. The Kier molecular flexibility index (Phi) is 3.71. The first kappa shape index (κ1) is 15.4. The number of esters is 1. The fourth-order valence-electron chi connectivity index (χ4n) is 1.72. The molecule has 1 fully saturated rings. The van der Waals surface area contributed by atoms with Crippen molar-refractivity contribution in [1.29, 1.82) is 0 Å². The van der Waals surface area contributed by atoms with Crippen molar-refractivity contribution in [2.24, 2.45) is 5.41 Å². The monoisotopic (exact) mass is 326 g/mol. The van der Waals surface area contributed by atoms with Crippen LogP contribution in [0.2, 0.25) is 0 Å². The number of rotatable bonds is 3. The van der Waals surface area contributed by atoms with Crippen LogP contribution in [0.15, 0.2) is 24.3 Å². The number of ether oxygens (including phenoxy) is 1. The van der Waals surface area contributed by atoms with Crippen molar-refractivity contribution in [3.8, 4) is 0 Å². The Morgan fingerprint density at radius 2 is 1.80 bits per heavy atom. The van der Waals surface area contributed by atoms with Crippen LogP contribution in [0.5, 0.6) is 0 Å². The predicted octanol–water partition coefficient (Wildman–Crippen LogP) is 4.33. The number of hydrogen-bond donors (Lipinski definition) is 0. The first-order valence-corrected chi connectivity index (χ1v) is 6.53. The van der Waals surface area contributed by atoms with E-state index in [1.807, 2.05) is 0 Å². The van der Waals surface area contributed by atoms with Gasteiger partial charge in [0, 0.05) is 6.42 Å². The maximum atomic E-state index is 12.4.